The van der Waals surface area contributed by atoms with E-state index in [0.717, 1.165) is 12.0 Å². The highest BCUT2D eigenvalue weighted by Crippen LogP contribution is 2.33. The molecule has 2 heterocycles. The second kappa shape index (κ2) is 8.93. The van der Waals surface area contributed by atoms with Gasteiger partial charge in [-0.25, -0.2) is 4.39 Å². The third-order valence-corrected chi connectivity index (χ3v) is 5.82. The number of nitrogens with zero attached hydrogens (tertiary/aromatic N) is 2. The Morgan fingerprint density at radius 2 is 1.90 bits per heavy atom. The van der Waals surface area contributed by atoms with E-state index in [1.807, 2.05) is 30.3 Å². The summed E-state index contributed by atoms with van der Waals surface area (Å²) < 4.78 is 14.5. The van der Waals surface area contributed by atoms with Crippen molar-refractivity contribution in [1.82, 2.24) is 4.90 Å². The average Bonchev–Trinajstić information content (AvgIpc) is 3.35. The lowest BCUT2D eigenvalue weighted by Crippen LogP contribution is -2.31. The minimum Gasteiger partial charge on any atom is -0.338 e. The number of benzene rings is 2. The molecule has 0 unspecified atom stereocenters. The van der Waals surface area contributed by atoms with E-state index in [0.29, 0.717) is 38.3 Å². The summed E-state index contributed by atoms with van der Waals surface area (Å²) in [5, 5.41) is 0. The van der Waals surface area contributed by atoms with Crippen LogP contribution in [0, 0.1) is 11.7 Å². The maximum atomic E-state index is 14.5. The van der Waals surface area contributed by atoms with Crippen LogP contribution < -0.4 is 10.6 Å². The van der Waals surface area contributed by atoms with Crippen LogP contribution in [0.15, 0.2) is 48.5 Å². The first-order valence-electron chi connectivity index (χ1n) is 9.72. The van der Waals surface area contributed by atoms with Crippen LogP contribution in [0.5, 0.6) is 0 Å². The number of halogens is 2. The summed E-state index contributed by atoms with van der Waals surface area (Å²) in [4.78, 5) is 28.4. The van der Waals surface area contributed by atoms with Gasteiger partial charge in [-0.2, -0.15) is 0 Å². The molecule has 4 rings (SSSR count). The highest BCUT2D eigenvalue weighted by Gasteiger charge is 2.36. The third-order valence-electron chi connectivity index (χ3n) is 5.82. The van der Waals surface area contributed by atoms with Gasteiger partial charge >= 0.3 is 0 Å². The van der Waals surface area contributed by atoms with Gasteiger partial charge < -0.3 is 15.5 Å². The number of carbonyl (C=O) groups excluding carboxylic acids is 2. The molecule has 154 valence electrons. The van der Waals surface area contributed by atoms with Gasteiger partial charge in [0.2, 0.25) is 5.91 Å². The number of carbonyl (C=O) groups is 2. The fourth-order valence-electron chi connectivity index (χ4n) is 4.29. The number of amides is 2. The van der Waals surface area contributed by atoms with Crippen molar-refractivity contribution in [1.29, 1.82) is 0 Å². The zero-order valence-electron chi connectivity index (χ0n) is 16.1. The van der Waals surface area contributed by atoms with Gasteiger partial charge in [0, 0.05) is 37.7 Å². The predicted molar refractivity (Wildman–Crippen MR) is 113 cm³/mol. The van der Waals surface area contributed by atoms with Crippen molar-refractivity contribution in [3.05, 3.63) is 65.5 Å². The van der Waals surface area contributed by atoms with Gasteiger partial charge in [0.25, 0.3) is 5.91 Å². The van der Waals surface area contributed by atoms with Crippen molar-refractivity contribution in [2.45, 2.75) is 18.8 Å². The molecule has 2 atom stereocenters. The van der Waals surface area contributed by atoms with Gasteiger partial charge in [-0.3, -0.25) is 9.59 Å². The maximum Gasteiger partial charge on any atom is 0.256 e. The summed E-state index contributed by atoms with van der Waals surface area (Å²) in [6.45, 7) is 2.08. The summed E-state index contributed by atoms with van der Waals surface area (Å²) in [5.41, 5.74) is 7.70. The standard InChI is InChI=1S/C22H24FN3O2.ClH/c23-20-9-8-17(26-10-4-7-21(26)27)11-18(20)22(28)25-13-16(12-24)19(14-25)15-5-2-1-3-6-15;/h1-3,5-6,8-9,11,16,19H,4,7,10,12-14,24H2;1H/t16-,19+;/m1./s1. The summed E-state index contributed by atoms with van der Waals surface area (Å²) in [6, 6.07) is 14.3. The van der Waals surface area contributed by atoms with E-state index < -0.39 is 5.82 Å². The van der Waals surface area contributed by atoms with Crippen LogP contribution in [0.1, 0.15) is 34.7 Å². The van der Waals surface area contributed by atoms with Gasteiger partial charge in [0.1, 0.15) is 5.82 Å². The monoisotopic (exact) mass is 417 g/mol. The molecule has 7 heteroatoms. The molecular formula is C22H25ClFN3O2. The number of hydrogen-bond acceptors (Lipinski definition) is 3. The zero-order valence-corrected chi connectivity index (χ0v) is 16.9. The Hall–Kier alpha value is -2.44. The average molecular weight is 418 g/mol. The quantitative estimate of drug-likeness (QED) is 0.830. The molecule has 0 saturated carbocycles. The second-order valence-corrected chi connectivity index (χ2v) is 7.54. The molecule has 2 aliphatic rings. The van der Waals surface area contributed by atoms with Gasteiger partial charge in [0.05, 0.1) is 5.56 Å². The normalized spacial score (nSPS) is 21.4. The van der Waals surface area contributed by atoms with Crippen LogP contribution in [0.25, 0.3) is 0 Å². The van der Waals surface area contributed by atoms with E-state index in [-0.39, 0.29) is 41.6 Å². The van der Waals surface area contributed by atoms with Crippen molar-refractivity contribution in [2.24, 2.45) is 11.7 Å². The Morgan fingerprint density at radius 1 is 1.14 bits per heavy atom. The number of hydrogen-bond donors (Lipinski definition) is 1. The molecule has 2 amide bonds. The molecule has 2 N–H and O–H groups in total. The number of nitrogens with two attached hydrogens (primary N) is 1. The molecule has 0 radical (unpaired) electrons. The van der Waals surface area contributed by atoms with E-state index in [2.05, 4.69) is 0 Å². The van der Waals surface area contributed by atoms with Gasteiger partial charge in [-0.05, 0) is 42.6 Å². The van der Waals surface area contributed by atoms with Crippen molar-refractivity contribution < 1.29 is 14.0 Å². The molecule has 29 heavy (non-hydrogen) atoms. The summed E-state index contributed by atoms with van der Waals surface area (Å²) >= 11 is 0. The first kappa shape index (κ1) is 21.3. The van der Waals surface area contributed by atoms with Gasteiger partial charge in [-0.15, -0.1) is 12.4 Å². The minimum absolute atomic E-state index is 0. The van der Waals surface area contributed by atoms with E-state index in [1.54, 1.807) is 15.9 Å². The summed E-state index contributed by atoms with van der Waals surface area (Å²) in [6.07, 6.45) is 1.27. The van der Waals surface area contributed by atoms with Crippen LogP contribution in [0.2, 0.25) is 0 Å². The fourth-order valence-corrected chi connectivity index (χ4v) is 4.29. The van der Waals surface area contributed by atoms with Crippen LogP contribution in [-0.2, 0) is 4.79 Å². The topological polar surface area (TPSA) is 66.6 Å². The Labute approximate surface area is 176 Å². The lowest BCUT2D eigenvalue weighted by molar-refractivity contribution is -0.117. The molecule has 0 spiro atoms. The Morgan fingerprint density at radius 3 is 2.55 bits per heavy atom. The van der Waals surface area contributed by atoms with Crippen molar-refractivity contribution in [3.63, 3.8) is 0 Å². The molecule has 2 saturated heterocycles. The largest absolute Gasteiger partial charge is 0.338 e. The van der Waals surface area contributed by atoms with Crippen LogP contribution in [-0.4, -0.2) is 42.9 Å². The first-order valence-corrected chi connectivity index (χ1v) is 9.72. The molecule has 0 aliphatic carbocycles. The zero-order chi connectivity index (χ0) is 19.7. The SMILES string of the molecule is Cl.NC[C@@H]1CN(C(=O)c2cc(N3CCCC3=O)ccc2F)C[C@H]1c1ccccc1. The molecule has 2 fully saturated rings. The molecule has 5 nitrogen and oxygen atoms in total. The molecule has 2 aromatic carbocycles. The number of rotatable bonds is 4. The first-order chi connectivity index (χ1) is 13.6. The van der Waals surface area contributed by atoms with E-state index in [1.165, 1.54) is 12.1 Å². The van der Waals surface area contributed by atoms with Gasteiger partial charge in [0.15, 0.2) is 0 Å². The van der Waals surface area contributed by atoms with E-state index in [9.17, 15) is 14.0 Å². The highest BCUT2D eigenvalue weighted by molar-refractivity contribution is 5.99. The highest BCUT2D eigenvalue weighted by atomic mass is 35.5. The maximum absolute atomic E-state index is 14.5. The van der Waals surface area contributed by atoms with E-state index >= 15 is 0 Å². The number of anilines is 1. The molecule has 0 aromatic heterocycles. The third kappa shape index (κ3) is 4.14. The molecule has 0 bridgehead atoms. The van der Waals surface area contributed by atoms with Crippen molar-refractivity contribution in [2.75, 3.05) is 31.1 Å². The van der Waals surface area contributed by atoms with Crippen LogP contribution in [0.4, 0.5) is 10.1 Å². The smallest absolute Gasteiger partial charge is 0.256 e. The minimum atomic E-state index is -0.562. The number of likely N-dealkylation sites (tertiary alicyclic amines) is 1. The lowest BCUT2D eigenvalue weighted by atomic mass is 9.89. The Kier molecular flexibility index (Phi) is 6.55. The predicted octanol–water partition coefficient (Wildman–Crippen LogP) is 3.19. The van der Waals surface area contributed by atoms with Crippen molar-refractivity contribution >= 4 is 29.9 Å². The lowest BCUT2D eigenvalue weighted by Gasteiger charge is -2.20. The van der Waals surface area contributed by atoms with Gasteiger partial charge in [-0.1, -0.05) is 30.3 Å². The van der Waals surface area contributed by atoms with Crippen LogP contribution >= 0.6 is 12.4 Å². The fraction of sp³-hybridized carbons (Fsp3) is 0.364. The molecule has 2 aliphatic heterocycles. The van der Waals surface area contributed by atoms with E-state index in [4.69, 9.17) is 5.73 Å². The van der Waals surface area contributed by atoms with Crippen LogP contribution in [0.3, 0.4) is 0 Å². The van der Waals surface area contributed by atoms with Crippen molar-refractivity contribution in [3.8, 4) is 0 Å². The second-order valence-electron chi connectivity index (χ2n) is 7.54. The molecule has 2 aromatic rings. The Bertz CT molecular complexity index is 893. The summed E-state index contributed by atoms with van der Waals surface area (Å²) in [7, 11) is 0. The molecular weight excluding hydrogens is 393 g/mol. The summed E-state index contributed by atoms with van der Waals surface area (Å²) in [5.74, 6) is -0.617. The Balaban J connectivity index is 0.00000240.